The van der Waals surface area contributed by atoms with E-state index in [9.17, 15) is 9.59 Å². The van der Waals surface area contributed by atoms with E-state index in [1.54, 1.807) is 19.1 Å². The van der Waals surface area contributed by atoms with Crippen LogP contribution in [0.15, 0.2) is 57.4 Å². The zero-order chi connectivity index (χ0) is 18.6. The third kappa shape index (κ3) is 2.37. The fourth-order valence-electron chi connectivity index (χ4n) is 4.30. The molecule has 136 valence electrons. The van der Waals surface area contributed by atoms with Crippen LogP contribution in [-0.4, -0.2) is 18.0 Å². The fraction of sp³-hybridized carbons (Fsp3) is 0.429. The van der Waals surface area contributed by atoms with Gasteiger partial charge in [-0.25, -0.2) is 9.59 Å². The Hall–Kier alpha value is -2.56. The number of esters is 2. The summed E-state index contributed by atoms with van der Waals surface area (Å²) < 4.78 is 16.4. The largest absolute Gasteiger partial charge is 0.457 e. The maximum absolute atomic E-state index is 12.4. The highest BCUT2D eigenvalue weighted by molar-refractivity contribution is 5.94. The van der Waals surface area contributed by atoms with Crippen molar-refractivity contribution >= 4 is 11.9 Å². The van der Waals surface area contributed by atoms with Crippen molar-refractivity contribution in [2.24, 2.45) is 17.3 Å². The molecule has 1 aliphatic heterocycles. The Balaban J connectivity index is 1.68. The molecule has 5 heteroatoms. The molecule has 0 saturated carbocycles. The second kappa shape index (κ2) is 5.73. The van der Waals surface area contributed by atoms with Gasteiger partial charge in [-0.2, -0.15) is 0 Å². The molecule has 4 atom stereocenters. The van der Waals surface area contributed by atoms with Gasteiger partial charge in [0, 0.05) is 28.4 Å². The van der Waals surface area contributed by atoms with Gasteiger partial charge < -0.3 is 13.9 Å². The number of hydrogen-bond acceptors (Lipinski definition) is 5. The first-order valence-corrected chi connectivity index (χ1v) is 8.92. The summed E-state index contributed by atoms with van der Waals surface area (Å²) >= 11 is 0. The van der Waals surface area contributed by atoms with Crippen LogP contribution in [0.1, 0.15) is 44.7 Å². The monoisotopic (exact) mass is 354 g/mol. The summed E-state index contributed by atoms with van der Waals surface area (Å²) in [6.45, 7) is 8.12. The number of fused-ring (bicyclic) bond motifs is 2. The molecule has 0 radical (unpaired) electrons. The average molecular weight is 354 g/mol. The molecule has 1 aromatic heterocycles. The fourth-order valence-corrected chi connectivity index (χ4v) is 4.30. The van der Waals surface area contributed by atoms with Crippen molar-refractivity contribution < 1.29 is 23.5 Å². The smallest absolute Gasteiger partial charge is 0.374 e. The van der Waals surface area contributed by atoms with E-state index in [0.717, 1.165) is 11.1 Å². The zero-order valence-electron chi connectivity index (χ0n) is 15.4. The van der Waals surface area contributed by atoms with E-state index in [1.165, 1.54) is 6.26 Å². The second-order valence-electron chi connectivity index (χ2n) is 7.71. The van der Waals surface area contributed by atoms with Crippen LogP contribution < -0.4 is 0 Å². The zero-order valence-corrected chi connectivity index (χ0v) is 15.4. The van der Waals surface area contributed by atoms with Gasteiger partial charge in [-0.1, -0.05) is 26.8 Å². The number of carbonyl (C=O) groups excluding carboxylic acids is 2. The SMILES string of the molecule is CC1=C2C[C@@]3(C)C(=C[C@@H](C)[C@H](OC(=O)c4ccco4)[C@@H]3C)C=C2OC1=O. The molecule has 3 aliphatic rings. The van der Waals surface area contributed by atoms with Gasteiger partial charge in [0.2, 0.25) is 5.76 Å². The van der Waals surface area contributed by atoms with Crippen LogP contribution >= 0.6 is 0 Å². The normalized spacial score (nSPS) is 33.1. The van der Waals surface area contributed by atoms with Crippen LogP contribution in [0.25, 0.3) is 0 Å². The molecule has 2 heterocycles. The minimum Gasteiger partial charge on any atom is -0.457 e. The molecule has 5 nitrogen and oxygen atoms in total. The lowest BCUT2D eigenvalue weighted by Crippen LogP contribution is -2.45. The first-order chi connectivity index (χ1) is 12.3. The standard InChI is InChI=1S/C21H22O5/c1-11-8-14-9-17-15(12(2)19(22)25-17)10-21(14,4)13(3)18(11)26-20(23)16-6-5-7-24-16/h5-9,11,13,18H,10H2,1-4H3/t11-,13+,18+,21-/m1/s1. The molecular formula is C21H22O5. The summed E-state index contributed by atoms with van der Waals surface area (Å²) in [7, 11) is 0. The van der Waals surface area contributed by atoms with Crippen molar-refractivity contribution in [3.8, 4) is 0 Å². The summed E-state index contributed by atoms with van der Waals surface area (Å²) in [4.78, 5) is 24.3. The molecule has 1 aromatic rings. The van der Waals surface area contributed by atoms with Crippen LogP contribution in [0.2, 0.25) is 0 Å². The van der Waals surface area contributed by atoms with Crippen LogP contribution in [0.4, 0.5) is 0 Å². The van der Waals surface area contributed by atoms with Gasteiger partial charge in [-0.15, -0.1) is 0 Å². The van der Waals surface area contributed by atoms with E-state index in [2.05, 4.69) is 19.9 Å². The maximum Gasteiger partial charge on any atom is 0.374 e. The van der Waals surface area contributed by atoms with Gasteiger partial charge >= 0.3 is 11.9 Å². The Morgan fingerprint density at radius 1 is 1.35 bits per heavy atom. The first-order valence-electron chi connectivity index (χ1n) is 8.92. The van der Waals surface area contributed by atoms with E-state index in [1.807, 2.05) is 13.0 Å². The Kier molecular flexibility index (Phi) is 3.72. The van der Waals surface area contributed by atoms with Gasteiger partial charge in [-0.05, 0) is 37.1 Å². The summed E-state index contributed by atoms with van der Waals surface area (Å²) in [5.74, 6) is 0.291. The Morgan fingerprint density at radius 2 is 2.12 bits per heavy atom. The second-order valence-corrected chi connectivity index (χ2v) is 7.71. The Labute approximate surface area is 152 Å². The lowest BCUT2D eigenvalue weighted by atomic mass is 9.58. The van der Waals surface area contributed by atoms with Crippen LogP contribution in [0.5, 0.6) is 0 Å². The van der Waals surface area contributed by atoms with E-state index >= 15 is 0 Å². The molecule has 0 fully saturated rings. The van der Waals surface area contributed by atoms with E-state index < -0.39 is 5.97 Å². The number of hydrogen-bond donors (Lipinski definition) is 0. The Morgan fingerprint density at radius 3 is 2.81 bits per heavy atom. The quantitative estimate of drug-likeness (QED) is 0.745. The number of furan rings is 1. The van der Waals surface area contributed by atoms with Gasteiger partial charge in [0.25, 0.3) is 0 Å². The van der Waals surface area contributed by atoms with Crippen molar-refractivity contribution in [2.75, 3.05) is 0 Å². The molecule has 26 heavy (non-hydrogen) atoms. The third-order valence-corrected chi connectivity index (χ3v) is 6.17. The van der Waals surface area contributed by atoms with Crippen molar-refractivity contribution in [1.82, 2.24) is 0 Å². The van der Waals surface area contributed by atoms with Gasteiger partial charge in [0.15, 0.2) is 0 Å². The average Bonchev–Trinajstić information content (AvgIpc) is 3.22. The summed E-state index contributed by atoms with van der Waals surface area (Å²) in [5.41, 5.74) is 2.55. The number of carbonyl (C=O) groups is 2. The highest BCUT2D eigenvalue weighted by atomic mass is 16.6. The van der Waals surface area contributed by atoms with Gasteiger partial charge in [0.05, 0.1) is 6.26 Å². The molecule has 2 aliphatic carbocycles. The minimum absolute atomic E-state index is 0.0487. The van der Waals surface area contributed by atoms with Crippen LogP contribution in [-0.2, 0) is 14.3 Å². The highest BCUT2D eigenvalue weighted by Gasteiger charge is 2.50. The van der Waals surface area contributed by atoms with Crippen molar-refractivity contribution in [3.63, 3.8) is 0 Å². The molecule has 0 saturated heterocycles. The molecule has 0 aromatic carbocycles. The number of ether oxygens (including phenoxy) is 2. The molecule has 0 spiro atoms. The lowest BCUT2D eigenvalue weighted by molar-refractivity contribution is -0.133. The van der Waals surface area contributed by atoms with Gasteiger partial charge in [-0.3, -0.25) is 0 Å². The van der Waals surface area contributed by atoms with Crippen LogP contribution in [0.3, 0.4) is 0 Å². The molecular weight excluding hydrogens is 332 g/mol. The Bertz CT molecular complexity index is 870. The summed E-state index contributed by atoms with van der Waals surface area (Å²) in [5, 5.41) is 0. The third-order valence-electron chi connectivity index (χ3n) is 6.17. The molecule has 4 rings (SSSR count). The summed E-state index contributed by atoms with van der Waals surface area (Å²) in [6, 6.07) is 3.28. The van der Waals surface area contributed by atoms with E-state index in [0.29, 0.717) is 17.8 Å². The maximum atomic E-state index is 12.4. The number of rotatable bonds is 2. The molecule has 0 unspecified atom stereocenters. The predicted molar refractivity (Wildman–Crippen MR) is 93.9 cm³/mol. The molecule has 0 amide bonds. The predicted octanol–water partition coefficient (Wildman–Crippen LogP) is 4.18. The minimum atomic E-state index is -0.444. The van der Waals surface area contributed by atoms with Crippen molar-refractivity contribution in [3.05, 3.63) is 58.8 Å². The van der Waals surface area contributed by atoms with Crippen molar-refractivity contribution in [2.45, 2.75) is 40.2 Å². The van der Waals surface area contributed by atoms with Gasteiger partial charge in [0.1, 0.15) is 11.9 Å². The molecule has 0 N–H and O–H groups in total. The van der Waals surface area contributed by atoms with E-state index in [4.69, 9.17) is 13.9 Å². The topological polar surface area (TPSA) is 65.7 Å². The highest BCUT2D eigenvalue weighted by Crippen LogP contribution is 2.54. The van der Waals surface area contributed by atoms with E-state index in [-0.39, 0.29) is 35.1 Å². The van der Waals surface area contributed by atoms with Crippen LogP contribution in [0, 0.1) is 17.3 Å². The first kappa shape index (κ1) is 16.9. The molecule has 0 bridgehead atoms. The lowest BCUT2D eigenvalue weighted by Gasteiger charge is -2.48. The van der Waals surface area contributed by atoms with Crippen molar-refractivity contribution in [1.29, 1.82) is 0 Å². The number of allylic oxidation sites excluding steroid dienone is 3. The summed E-state index contributed by atoms with van der Waals surface area (Å²) in [6.07, 6.45) is 6.00.